The zero-order valence-corrected chi connectivity index (χ0v) is 20.4. The lowest BCUT2D eigenvalue weighted by Gasteiger charge is -2.14. The Morgan fingerprint density at radius 1 is 0.882 bits per heavy atom. The molecule has 0 spiro atoms. The van der Waals surface area contributed by atoms with Crippen molar-refractivity contribution in [2.45, 2.75) is 24.7 Å². The van der Waals surface area contributed by atoms with Gasteiger partial charge in [-0.05, 0) is 60.9 Å². The van der Waals surface area contributed by atoms with E-state index in [2.05, 4.69) is 10.0 Å². The van der Waals surface area contributed by atoms with Crippen molar-refractivity contribution in [3.63, 3.8) is 0 Å². The smallest absolute Gasteiger partial charge is 0.262 e. The van der Waals surface area contributed by atoms with E-state index in [1.807, 2.05) is 12.1 Å². The van der Waals surface area contributed by atoms with Crippen molar-refractivity contribution in [2.75, 3.05) is 31.4 Å². The van der Waals surface area contributed by atoms with Crippen LogP contribution in [-0.2, 0) is 21.2 Å². The molecule has 3 aromatic rings. The maximum Gasteiger partial charge on any atom is 0.262 e. The number of carbonyl (C=O) groups excluding carboxylic acids is 1. The molecule has 0 fully saturated rings. The second kappa shape index (κ2) is 10.9. The van der Waals surface area contributed by atoms with Gasteiger partial charge in [-0.1, -0.05) is 18.2 Å². The molecule has 0 saturated heterocycles. The van der Waals surface area contributed by atoms with Crippen LogP contribution in [-0.4, -0.2) is 35.7 Å². The van der Waals surface area contributed by atoms with Crippen LogP contribution in [0.3, 0.4) is 0 Å². The largest absolute Gasteiger partial charge is 0.497 e. The molecule has 0 aliphatic heterocycles. The first-order chi connectivity index (χ1) is 16.2. The Kier molecular flexibility index (Phi) is 8.01. The Labute approximate surface area is 199 Å². The lowest BCUT2D eigenvalue weighted by Crippen LogP contribution is -2.16. The van der Waals surface area contributed by atoms with Gasteiger partial charge in [0.05, 0.1) is 31.9 Å². The van der Waals surface area contributed by atoms with E-state index >= 15 is 0 Å². The second-order valence-corrected chi connectivity index (χ2v) is 9.21. The maximum absolute atomic E-state index is 13.1. The van der Waals surface area contributed by atoms with Gasteiger partial charge in [0.25, 0.3) is 10.0 Å². The number of benzene rings is 3. The molecule has 0 unspecified atom stereocenters. The van der Waals surface area contributed by atoms with Crippen LogP contribution in [0, 0.1) is 6.92 Å². The average molecular weight is 485 g/mol. The minimum Gasteiger partial charge on any atom is -0.497 e. The standard InChI is InChI=1S/C25H28N2O6S/c1-17-9-11-19(15-24(17)34(29,30)27-22-7-5-6-8-23(22)33-4)26-25(28)12-10-18-13-20(31-2)16-21(14-18)32-3/h5-9,11,13-16,27H,10,12H2,1-4H3,(H,26,28). The van der Waals surface area contributed by atoms with Gasteiger partial charge in [0, 0.05) is 18.2 Å². The van der Waals surface area contributed by atoms with Gasteiger partial charge in [-0.25, -0.2) is 8.42 Å². The SMILES string of the molecule is COc1cc(CCC(=O)Nc2ccc(C)c(S(=O)(=O)Nc3ccccc3OC)c2)cc(OC)c1. The predicted molar refractivity (Wildman–Crippen MR) is 131 cm³/mol. The monoisotopic (exact) mass is 484 g/mol. The van der Waals surface area contributed by atoms with E-state index in [4.69, 9.17) is 14.2 Å². The number of rotatable bonds is 10. The van der Waals surface area contributed by atoms with E-state index in [0.29, 0.717) is 40.6 Å². The van der Waals surface area contributed by atoms with Crippen molar-refractivity contribution in [3.8, 4) is 17.2 Å². The number of amides is 1. The molecule has 0 atom stereocenters. The van der Waals surface area contributed by atoms with Crippen LogP contribution in [0.5, 0.6) is 17.2 Å². The molecular formula is C25H28N2O6S. The number of nitrogens with one attached hydrogen (secondary N) is 2. The van der Waals surface area contributed by atoms with E-state index in [9.17, 15) is 13.2 Å². The van der Waals surface area contributed by atoms with Gasteiger partial charge in [0.1, 0.15) is 17.2 Å². The summed E-state index contributed by atoms with van der Waals surface area (Å²) >= 11 is 0. The fraction of sp³-hybridized carbons (Fsp3) is 0.240. The molecule has 2 N–H and O–H groups in total. The molecule has 34 heavy (non-hydrogen) atoms. The predicted octanol–water partition coefficient (Wildman–Crippen LogP) is 4.39. The van der Waals surface area contributed by atoms with E-state index in [0.717, 1.165) is 5.56 Å². The lowest BCUT2D eigenvalue weighted by atomic mass is 10.1. The molecule has 8 nitrogen and oxygen atoms in total. The van der Waals surface area contributed by atoms with E-state index < -0.39 is 10.0 Å². The number of aryl methyl sites for hydroxylation is 2. The van der Waals surface area contributed by atoms with Crippen LogP contribution < -0.4 is 24.2 Å². The first kappa shape index (κ1) is 24.9. The molecule has 0 aliphatic carbocycles. The van der Waals surface area contributed by atoms with E-state index in [1.54, 1.807) is 63.6 Å². The van der Waals surface area contributed by atoms with Gasteiger partial charge in [-0.15, -0.1) is 0 Å². The molecule has 0 aliphatic rings. The number of carbonyl (C=O) groups is 1. The quantitative estimate of drug-likeness (QED) is 0.442. The third kappa shape index (κ3) is 6.20. The summed E-state index contributed by atoms with van der Waals surface area (Å²) in [6.45, 7) is 1.69. The summed E-state index contributed by atoms with van der Waals surface area (Å²) in [6, 6.07) is 17.0. The van der Waals surface area contributed by atoms with Crippen LogP contribution in [0.25, 0.3) is 0 Å². The number of anilines is 2. The van der Waals surface area contributed by atoms with Crippen LogP contribution >= 0.6 is 0 Å². The number of sulfonamides is 1. The zero-order chi connectivity index (χ0) is 24.7. The van der Waals surface area contributed by atoms with Crippen LogP contribution in [0.15, 0.2) is 65.6 Å². The summed E-state index contributed by atoms with van der Waals surface area (Å²) in [5.74, 6) is 1.45. The van der Waals surface area contributed by atoms with Crippen LogP contribution in [0.4, 0.5) is 11.4 Å². The van der Waals surface area contributed by atoms with Crippen molar-refractivity contribution in [1.29, 1.82) is 0 Å². The molecule has 180 valence electrons. The minimum absolute atomic E-state index is 0.0636. The highest BCUT2D eigenvalue weighted by molar-refractivity contribution is 7.92. The number of hydrogen-bond donors (Lipinski definition) is 2. The zero-order valence-electron chi connectivity index (χ0n) is 19.5. The first-order valence-corrected chi connectivity index (χ1v) is 12.0. The van der Waals surface area contributed by atoms with Crippen molar-refractivity contribution in [2.24, 2.45) is 0 Å². The Balaban J connectivity index is 1.73. The van der Waals surface area contributed by atoms with Crippen LogP contribution in [0.1, 0.15) is 17.5 Å². The van der Waals surface area contributed by atoms with Gasteiger partial charge >= 0.3 is 0 Å². The average Bonchev–Trinajstić information content (AvgIpc) is 2.83. The molecule has 0 aromatic heterocycles. The molecular weight excluding hydrogens is 456 g/mol. The fourth-order valence-corrected chi connectivity index (χ4v) is 4.73. The van der Waals surface area contributed by atoms with Gasteiger partial charge in [-0.3, -0.25) is 9.52 Å². The normalized spacial score (nSPS) is 10.9. The summed E-state index contributed by atoms with van der Waals surface area (Å²) < 4.78 is 44.4. The Morgan fingerprint density at radius 3 is 2.21 bits per heavy atom. The molecule has 9 heteroatoms. The molecule has 0 heterocycles. The second-order valence-electron chi connectivity index (χ2n) is 7.56. The molecule has 0 bridgehead atoms. The maximum atomic E-state index is 13.1. The number of methoxy groups -OCH3 is 3. The van der Waals surface area contributed by atoms with E-state index in [-0.39, 0.29) is 17.2 Å². The van der Waals surface area contributed by atoms with Crippen LogP contribution in [0.2, 0.25) is 0 Å². The van der Waals surface area contributed by atoms with Crippen molar-refractivity contribution in [1.82, 2.24) is 0 Å². The molecule has 0 radical (unpaired) electrons. The summed E-state index contributed by atoms with van der Waals surface area (Å²) in [4.78, 5) is 12.6. The molecule has 3 aromatic carbocycles. The minimum atomic E-state index is -3.91. The van der Waals surface area contributed by atoms with Crippen molar-refractivity contribution in [3.05, 3.63) is 71.8 Å². The molecule has 3 rings (SSSR count). The highest BCUT2D eigenvalue weighted by Crippen LogP contribution is 2.28. The summed E-state index contributed by atoms with van der Waals surface area (Å²) in [7, 11) is 0.687. The molecule has 0 saturated carbocycles. The summed E-state index contributed by atoms with van der Waals surface area (Å²) in [6.07, 6.45) is 0.664. The van der Waals surface area contributed by atoms with Gasteiger partial charge in [0.2, 0.25) is 5.91 Å². The van der Waals surface area contributed by atoms with Gasteiger partial charge < -0.3 is 19.5 Å². The van der Waals surface area contributed by atoms with Gasteiger partial charge in [-0.2, -0.15) is 0 Å². The Bertz CT molecular complexity index is 1250. The number of para-hydroxylation sites is 2. The number of hydrogen-bond acceptors (Lipinski definition) is 6. The summed E-state index contributed by atoms with van der Waals surface area (Å²) in [5.41, 5.74) is 2.15. The Morgan fingerprint density at radius 2 is 1.56 bits per heavy atom. The fourth-order valence-electron chi connectivity index (χ4n) is 3.39. The Hall–Kier alpha value is -3.72. The highest BCUT2D eigenvalue weighted by atomic mass is 32.2. The van der Waals surface area contributed by atoms with Crippen molar-refractivity contribution >= 4 is 27.3 Å². The highest BCUT2D eigenvalue weighted by Gasteiger charge is 2.20. The third-order valence-electron chi connectivity index (χ3n) is 5.16. The lowest BCUT2D eigenvalue weighted by molar-refractivity contribution is -0.116. The van der Waals surface area contributed by atoms with Crippen molar-refractivity contribution < 1.29 is 27.4 Å². The summed E-state index contributed by atoms with van der Waals surface area (Å²) in [5, 5.41) is 2.78. The first-order valence-electron chi connectivity index (χ1n) is 10.5. The third-order valence-corrected chi connectivity index (χ3v) is 6.67. The topological polar surface area (TPSA) is 103 Å². The van der Waals surface area contributed by atoms with Gasteiger partial charge in [0.15, 0.2) is 0 Å². The molecule has 1 amide bonds. The van der Waals surface area contributed by atoms with E-state index in [1.165, 1.54) is 13.2 Å². The number of ether oxygens (including phenoxy) is 3.